The second kappa shape index (κ2) is 5.48. The number of carbonyl (C=O) groups excluding carboxylic acids is 1. The molecular weight excluding hydrogens is 266 g/mol. The van der Waals surface area contributed by atoms with Crippen LogP contribution in [0.25, 0.3) is 0 Å². The van der Waals surface area contributed by atoms with E-state index in [1.165, 1.54) is 0 Å². The Balaban J connectivity index is 1.95. The Kier molecular flexibility index (Phi) is 3.52. The van der Waals surface area contributed by atoms with Gasteiger partial charge in [0.15, 0.2) is 0 Å². The molecule has 108 valence electrons. The number of aryl methyl sites for hydroxylation is 1. The molecule has 0 bridgehead atoms. The van der Waals surface area contributed by atoms with Crippen molar-refractivity contribution in [3.63, 3.8) is 0 Å². The first-order chi connectivity index (χ1) is 10.2. The van der Waals surface area contributed by atoms with Crippen molar-refractivity contribution >= 4 is 11.6 Å². The summed E-state index contributed by atoms with van der Waals surface area (Å²) >= 11 is 0. The van der Waals surface area contributed by atoms with Gasteiger partial charge in [0.1, 0.15) is 18.1 Å². The van der Waals surface area contributed by atoms with Gasteiger partial charge in [0, 0.05) is 5.56 Å². The number of methoxy groups -OCH3 is 1. The number of amides is 1. The summed E-state index contributed by atoms with van der Waals surface area (Å²) in [4.78, 5) is 14.5. The van der Waals surface area contributed by atoms with Crippen LogP contribution in [0, 0.1) is 6.92 Å². The van der Waals surface area contributed by atoms with E-state index in [2.05, 4.69) is 0 Å². The fraction of sp³-hybridized carbons (Fsp3) is 0.235. The molecule has 0 saturated carbocycles. The molecule has 4 nitrogen and oxygen atoms in total. The minimum Gasteiger partial charge on any atom is -0.496 e. The number of nitrogens with zero attached hydrogens (tertiary/aromatic N) is 1. The molecule has 1 amide bonds. The fourth-order valence-corrected chi connectivity index (χ4v) is 2.55. The van der Waals surface area contributed by atoms with Gasteiger partial charge in [0.05, 0.1) is 19.3 Å². The average Bonchev–Trinajstić information content (AvgIpc) is 2.53. The third-order valence-electron chi connectivity index (χ3n) is 3.62. The highest BCUT2D eigenvalue weighted by atomic mass is 16.5. The molecule has 0 radical (unpaired) electrons. The zero-order chi connectivity index (χ0) is 14.8. The summed E-state index contributed by atoms with van der Waals surface area (Å²) in [5.41, 5.74) is 2.43. The summed E-state index contributed by atoms with van der Waals surface area (Å²) in [6.07, 6.45) is 0. The first kappa shape index (κ1) is 13.5. The molecule has 4 heteroatoms. The molecule has 0 unspecified atom stereocenters. The van der Waals surface area contributed by atoms with Crippen molar-refractivity contribution in [2.45, 2.75) is 6.92 Å². The zero-order valence-corrected chi connectivity index (χ0v) is 12.1. The number of para-hydroxylation sites is 2. The molecule has 0 aliphatic carbocycles. The van der Waals surface area contributed by atoms with E-state index in [1.807, 2.05) is 43.3 Å². The highest BCUT2D eigenvalue weighted by Gasteiger charge is 2.24. The van der Waals surface area contributed by atoms with Gasteiger partial charge in [-0.15, -0.1) is 0 Å². The normalized spacial score (nSPS) is 13.3. The van der Waals surface area contributed by atoms with E-state index in [4.69, 9.17) is 9.47 Å². The van der Waals surface area contributed by atoms with E-state index in [0.717, 1.165) is 22.7 Å². The molecule has 0 spiro atoms. The number of fused-ring (bicyclic) bond motifs is 1. The molecule has 0 saturated heterocycles. The maximum Gasteiger partial charge on any atom is 0.258 e. The third-order valence-corrected chi connectivity index (χ3v) is 3.62. The Hall–Kier alpha value is -2.49. The Labute approximate surface area is 123 Å². The van der Waals surface area contributed by atoms with E-state index in [0.29, 0.717) is 18.7 Å². The lowest BCUT2D eigenvalue weighted by Crippen LogP contribution is -2.37. The van der Waals surface area contributed by atoms with Crippen molar-refractivity contribution in [1.82, 2.24) is 0 Å². The van der Waals surface area contributed by atoms with Crippen LogP contribution in [0.2, 0.25) is 0 Å². The average molecular weight is 283 g/mol. The van der Waals surface area contributed by atoms with Gasteiger partial charge in [-0.25, -0.2) is 0 Å². The SMILES string of the molecule is COc1ccc(C(=O)N2CCOc3ccccc32)cc1C. The number of benzene rings is 2. The van der Waals surface area contributed by atoms with Crippen molar-refractivity contribution in [2.75, 3.05) is 25.2 Å². The summed E-state index contributed by atoms with van der Waals surface area (Å²) in [5.74, 6) is 1.52. The number of anilines is 1. The van der Waals surface area contributed by atoms with Gasteiger partial charge < -0.3 is 14.4 Å². The van der Waals surface area contributed by atoms with Gasteiger partial charge in [-0.3, -0.25) is 4.79 Å². The minimum atomic E-state index is -0.0171. The number of hydrogen-bond donors (Lipinski definition) is 0. The van der Waals surface area contributed by atoms with Crippen molar-refractivity contribution in [2.24, 2.45) is 0 Å². The maximum absolute atomic E-state index is 12.7. The fourth-order valence-electron chi connectivity index (χ4n) is 2.55. The van der Waals surface area contributed by atoms with E-state index >= 15 is 0 Å². The number of ether oxygens (including phenoxy) is 2. The van der Waals surface area contributed by atoms with Gasteiger partial charge in [-0.1, -0.05) is 12.1 Å². The Morgan fingerprint density at radius 2 is 2.05 bits per heavy atom. The Morgan fingerprint density at radius 3 is 2.81 bits per heavy atom. The van der Waals surface area contributed by atoms with Gasteiger partial charge in [0.25, 0.3) is 5.91 Å². The number of hydrogen-bond acceptors (Lipinski definition) is 3. The van der Waals surface area contributed by atoms with E-state index in [-0.39, 0.29) is 5.91 Å². The molecule has 21 heavy (non-hydrogen) atoms. The van der Waals surface area contributed by atoms with Gasteiger partial charge >= 0.3 is 0 Å². The van der Waals surface area contributed by atoms with Crippen LogP contribution in [0.1, 0.15) is 15.9 Å². The van der Waals surface area contributed by atoms with E-state index < -0.39 is 0 Å². The van der Waals surface area contributed by atoms with Crippen LogP contribution in [-0.2, 0) is 0 Å². The van der Waals surface area contributed by atoms with Crippen LogP contribution in [0.5, 0.6) is 11.5 Å². The Bertz CT molecular complexity index is 681. The third kappa shape index (κ3) is 2.44. The van der Waals surface area contributed by atoms with Gasteiger partial charge in [-0.2, -0.15) is 0 Å². The van der Waals surface area contributed by atoms with Crippen molar-refractivity contribution < 1.29 is 14.3 Å². The topological polar surface area (TPSA) is 38.8 Å². The maximum atomic E-state index is 12.7. The standard InChI is InChI=1S/C17H17NO3/c1-12-11-13(7-8-15(12)20-2)17(19)18-9-10-21-16-6-4-3-5-14(16)18/h3-8,11H,9-10H2,1-2H3. The molecule has 0 N–H and O–H groups in total. The number of rotatable bonds is 2. The first-order valence-corrected chi connectivity index (χ1v) is 6.89. The molecule has 0 atom stereocenters. The predicted octanol–water partition coefficient (Wildman–Crippen LogP) is 3.04. The lowest BCUT2D eigenvalue weighted by molar-refractivity contribution is 0.0976. The lowest BCUT2D eigenvalue weighted by Gasteiger charge is -2.29. The zero-order valence-electron chi connectivity index (χ0n) is 12.1. The molecule has 1 aliphatic heterocycles. The van der Waals surface area contributed by atoms with E-state index in [9.17, 15) is 4.79 Å². The van der Waals surface area contributed by atoms with Gasteiger partial charge in [-0.05, 0) is 42.8 Å². The summed E-state index contributed by atoms with van der Waals surface area (Å²) in [5, 5.41) is 0. The second-order valence-corrected chi connectivity index (χ2v) is 4.96. The lowest BCUT2D eigenvalue weighted by atomic mass is 10.1. The highest BCUT2D eigenvalue weighted by Crippen LogP contribution is 2.32. The summed E-state index contributed by atoms with van der Waals surface area (Å²) in [7, 11) is 1.63. The molecule has 0 aromatic heterocycles. The van der Waals surface area contributed by atoms with Crippen LogP contribution < -0.4 is 14.4 Å². The van der Waals surface area contributed by atoms with Crippen LogP contribution in [0.3, 0.4) is 0 Å². The van der Waals surface area contributed by atoms with Crippen LogP contribution in [-0.4, -0.2) is 26.2 Å². The number of carbonyl (C=O) groups is 1. The monoisotopic (exact) mass is 283 g/mol. The summed E-state index contributed by atoms with van der Waals surface area (Å²) in [6, 6.07) is 13.1. The second-order valence-electron chi connectivity index (χ2n) is 4.96. The van der Waals surface area contributed by atoms with Crippen LogP contribution in [0.15, 0.2) is 42.5 Å². The highest BCUT2D eigenvalue weighted by molar-refractivity contribution is 6.07. The predicted molar refractivity (Wildman–Crippen MR) is 81.3 cm³/mol. The Morgan fingerprint density at radius 1 is 1.24 bits per heavy atom. The molecule has 2 aromatic carbocycles. The smallest absolute Gasteiger partial charge is 0.258 e. The molecule has 0 fully saturated rings. The summed E-state index contributed by atoms with van der Waals surface area (Å²) < 4.78 is 10.8. The van der Waals surface area contributed by atoms with Crippen LogP contribution >= 0.6 is 0 Å². The van der Waals surface area contributed by atoms with Crippen LogP contribution in [0.4, 0.5) is 5.69 Å². The molecular formula is C17H17NO3. The van der Waals surface area contributed by atoms with E-state index in [1.54, 1.807) is 18.1 Å². The van der Waals surface area contributed by atoms with Gasteiger partial charge in [0.2, 0.25) is 0 Å². The quantitative estimate of drug-likeness (QED) is 0.850. The van der Waals surface area contributed by atoms with Crippen molar-refractivity contribution in [1.29, 1.82) is 0 Å². The van der Waals surface area contributed by atoms with Crippen molar-refractivity contribution in [3.05, 3.63) is 53.6 Å². The first-order valence-electron chi connectivity index (χ1n) is 6.89. The molecule has 1 aliphatic rings. The molecule has 2 aromatic rings. The summed E-state index contributed by atoms with van der Waals surface area (Å²) in [6.45, 7) is 3.00. The van der Waals surface area contributed by atoms with Crippen molar-refractivity contribution in [3.8, 4) is 11.5 Å². The minimum absolute atomic E-state index is 0.0171. The molecule has 1 heterocycles. The molecule has 3 rings (SSSR count). The largest absolute Gasteiger partial charge is 0.496 e.